The maximum atomic E-state index is 12.5. The van der Waals surface area contributed by atoms with E-state index in [0.29, 0.717) is 11.3 Å². The van der Waals surface area contributed by atoms with Crippen LogP contribution in [0.25, 0.3) is 0 Å². The van der Waals surface area contributed by atoms with E-state index in [1.165, 1.54) is 5.56 Å². The predicted molar refractivity (Wildman–Crippen MR) is 89.2 cm³/mol. The zero-order valence-corrected chi connectivity index (χ0v) is 12.8. The summed E-state index contributed by atoms with van der Waals surface area (Å²) in [5, 5.41) is 3.07. The first-order valence-corrected chi connectivity index (χ1v) is 7.33. The molecule has 2 aromatic carbocycles. The van der Waals surface area contributed by atoms with E-state index in [0.717, 1.165) is 12.8 Å². The van der Waals surface area contributed by atoms with Gasteiger partial charge in [-0.3, -0.25) is 4.79 Å². The molecule has 1 atom stereocenters. The third kappa shape index (κ3) is 4.22. The molecule has 114 valence electrons. The van der Waals surface area contributed by atoms with E-state index in [4.69, 9.17) is 4.74 Å². The number of para-hydroxylation sites is 1. The van der Waals surface area contributed by atoms with E-state index in [9.17, 15) is 4.79 Å². The van der Waals surface area contributed by atoms with E-state index < -0.39 is 0 Å². The first kappa shape index (κ1) is 15.8. The van der Waals surface area contributed by atoms with Crippen molar-refractivity contribution >= 4 is 5.91 Å². The van der Waals surface area contributed by atoms with Crippen LogP contribution in [0.1, 0.15) is 22.3 Å². The highest BCUT2D eigenvalue weighted by Crippen LogP contribution is 2.17. The Labute approximate surface area is 131 Å². The average Bonchev–Trinajstić information content (AvgIpc) is 2.56. The van der Waals surface area contributed by atoms with Crippen LogP contribution in [0, 0.1) is 0 Å². The Morgan fingerprint density at radius 3 is 2.55 bits per heavy atom. The van der Waals surface area contributed by atoms with Gasteiger partial charge in [-0.1, -0.05) is 48.5 Å². The number of methoxy groups -OCH3 is 1. The number of carbonyl (C=O) groups excluding carboxylic acids is 1. The van der Waals surface area contributed by atoms with Crippen LogP contribution in [0.4, 0.5) is 0 Å². The lowest BCUT2D eigenvalue weighted by Gasteiger charge is -2.18. The number of rotatable bonds is 7. The molecule has 22 heavy (non-hydrogen) atoms. The fourth-order valence-electron chi connectivity index (χ4n) is 2.39. The molecule has 2 aromatic rings. The van der Waals surface area contributed by atoms with E-state index in [1.807, 2.05) is 36.4 Å². The molecule has 0 spiro atoms. The van der Waals surface area contributed by atoms with Crippen molar-refractivity contribution in [1.29, 1.82) is 0 Å². The second kappa shape index (κ2) is 8.03. The molecule has 0 heterocycles. The second-order valence-electron chi connectivity index (χ2n) is 5.08. The van der Waals surface area contributed by atoms with Crippen LogP contribution >= 0.6 is 0 Å². The van der Waals surface area contributed by atoms with Gasteiger partial charge in [0.15, 0.2) is 0 Å². The summed E-state index contributed by atoms with van der Waals surface area (Å²) in [5.41, 5.74) is 1.74. The van der Waals surface area contributed by atoms with Crippen molar-refractivity contribution in [3.05, 3.63) is 78.4 Å². The molecule has 0 aliphatic heterocycles. The van der Waals surface area contributed by atoms with Crippen molar-refractivity contribution in [2.75, 3.05) is 7.11 Å². The van der Waals surface area contributed by atoms with Gasteiger partial charge in [-0.05, 0) is 30.5 Å². The Morgan fingerprint density at radius 1 is 1.18 bits per heavy atom. The van der Waals surface area contributed by atoms with Gasteiger partial charge in [-0.25, -0.2) is 0 Å². The van der Waals surface area contributed by atoms with Crippen LogP contribution in [-0.4, -0.2) is 19.1 Å². The van der Waals surface area contributed by atoms with Gasteiger partial charge in [-0.15, -0.1) is 6.58 Å². The topological polar surface area (TPSA) is 38.3 Å². The van der Waals surface area contributed by atoms with Gasteiger partial charge in [0.2, 0.25) is 0 Å². The summed E-state index contributed by atoms with van der Waals surface area (Å²) in [7, 11) is 1.57. The molecule has 3 nitrogen and oxygen atoms in total. The summed E-state index contributed by atoms with van der Waals surface area (Å²) < 4.78 is 5.25. The molecule has 0 aliphatic rings. The molecule has 2 rings (SSSR count). The largest absolute Gasteiger partial charge is 0.496 e. The third-order valence-electron chi connectivity index (χ3n) is 3.46. The van der Waals surface area contributed by atoms with Crippen LogP contribution < -0.4 is 10.1 Å². The molecule has 1 amide bonds. The number of ether oxygens (including phenoxy) is 1. The van der Waals surface area contributed by atoms with Gasteiger partial charge in [0.1, 0.15) is 5.75 Å². The Bertz CT molecular complexity index is 622. The normalized spacial score (nSPS) is 11.5. The lowest BCUT2D eigenvalue weighted by Crippen LogP contribution is -2.36. The molecule has 0 aliphatic carbocycles. The van der Waals surface area contributed by atoms with Crippen LogP contribution in [0.3, 0.4) is 0 Å². The molecular weight excluding hydrogens is 274 g/mol. The number of amides is 1. The summed E-state index contributed by atoms with van der Waals surface area (Å²) >= 11 is 0. The van der Waals surface area contributed by atoms with E-state index in [2.05, 4.69) is 24.0 Å². The number of hydrogen-bond acceptors (Lipinski definition) is 2. The minimum atomic E-state index is -0.125. The van der Waals surface area contributed by atoms with Gasteiger partial charge < -0.3 is 10.1 Å². The number of carbonyl (C=O) groups is 1. The monoisotopic (exact) mass is 295 g/mol. The number of benzene rings is 2. The fourth-order valence-corrected chi connectivity index (χ4v) is 2.39. The molecule has 1 unspecified atom stereocenters. The second-order valence-corrected chi connectivity index (χ2v) is 5.08. The maximum absolute atomic E-state index is 12.5. The minimum absolute atomic E-state index is 0.0114. The summed E-state index contributed by atoms with van der Waals surface area (Å²) in [5.74, 6) is 0.456. The van der Waals surface area contributed by atoms with Crippen LogP contribution in [0.15, 0.2) is 67.3 Å². The number of hydrogen-bond donors (Lipinski definition) is 1. The van der Waals surface area contributed by atoms with E-state index >= 15 is 0 Å². The lowest BCUT2D eigenvalue weighted by molar-refractivity contribution is 0.0934. The van der Waals surface area contributed by atoms with Crippen LogP contribution in [0.5, 0.6) is 5.75 Å². The molecule has 0 radical (unpaired) electrons. The molecule has 0 bridgehead atoms. The van der Waals surface area contributed by atoms with Crippen molar-refractivity contribution in [1.82, 2.24) is 5.32 Å². The minimum Gasteiger partial charge on any atom is -0.496 e. The standard InChI is InChI=1S/C19H21NO2/c1-3-9-16(14-15-10-5-4-6-11-15)20-19(21)17-12-7-8-13-18(17)22-2/h3-8,10-13,16H,1,9,14H2,2H3,(H,20,21). The molecule has 0 saturated heterocycles. The van der Waals surface area contributed by atoms with Crippen molar-refractivity contribution in [2.24, 2.45) is 0 Å². The van der Waals surface area contributed by atoms with Crippen molar-refractivity contribution in [2.45, 2.75) is 18.9 Å². The number of nitrogens with one attached hydrogen (secondary N) is 1. The molecule has 0 fully saturated rings. The van der Waals surface area contributed by atoms with Gasteiger partial charge in [-0.2, -0.15) is 0 Å². The average molecular weight is 295 g/mol. The zero-order valence-electron chi connectivity index (χ0n) is 12.8. The Morgan fingerprint density at radius 2 is 1.86 bits per heavy atom. The fraction of sp³-hybridized carbons (Fsp3) is 0.211. The zero-order chi connectivity index (χ0) is 15.8. The third-order valence-corrected chi connectivity index (χ3v) is 3.46. The molecular formula is C19H21NO2. The quantitative estimate of drug-likeness (QED) is 0.792. The lowest BCUT2D eigenvalue weighted by atomic mass is 10.0. The highest BCUT2D eigenvalue weighted by Gasteiger charge is 2.16. The smallest absolute Gasteiger partial charge is 0.255 e. The molecule has 1 N–H and O–H groups in total. The van der Waals surface area contributed by atoms with Crippen LogP contribution in [0.2, 0.25) is 0 Å². The summed E-state index contributed by atoms with van der Waals surface area (Å²) in [4.78, 5) is 12.5. The van der Waals surface area contributed by atoms with E-state index in [-0.39, 0.29) is 11.9 Å². The van der Waals surface area contributed by atoms with Gasteiger partial charge >= 0.3 is 0 Å². The molecule has 0 aromatic heterocycles. The SMILES string of the molecule is C=CCC(Cc1ccccc1)NC(=O)c1ccccc1OC. The maximum Gasteiger partial charge on any atom is 0.255 e. The summed E-state index contributed by atoms with van der Waals surface area (Å²) in [6.45, 7) is 3.78. The summed E-state index contributed by atoms with van der Waals surface area (Å²) in [6, 6.07) is 17.4. The Balaban J connectivity index is 2.10. The highest BCUT2D eigenvalue weighted by atomic mass is 16.5. The highest BCUT2D eigenvalue weighted by molar-refractivity contribution is 5.97. The van der Waals surface area contributed by atoms with Crippen molar-refractivity contribution < 1.29 is 9.53 Å². The van der Waals surface area contributed by atoms with E-state index in [1.54, 1.807) is 19.2 Å². The Kier molecular flexibility index (Phi) is 5.78. The predicted octanol–water partition coefficient (Wildman–Crippen LogP) is 3.61. The summed E-state index contributed by atoms with van der Waals surface area (Å²) in [6.07, 6.45) is 3.32. The van der Waals surface area contributed by atoms with Crippen molar-refractivity contribution in [3.8, 4) is 5.75 Å². The first-order chi connectivity index (χ1) is 10.7. The van der Waals surface area contributed by atoms with Gasteiger partial charge in [0.25, 0.3) is 5.91 Å². The van der Waals surface area contributed by atoms with Crippen molar-refractivity contribution in [3.63, 3.8) is 0 Å². The Hall–Kier alpha value is -2.55. The first-order valence-electron chi connectivity index (χ1n) is 7.33. The molecule has 0 saturated carbocycles. The molecule has 3 heteroatoms. The van der Waals surface area contributed by atoms with Gasteiger partial charge in [0.05, 0.1) is 12.7 Å². The van der Waals surface area contributed by atoms with Crippen LogP contribution in [-0.2, 0) is 6.42 Å². The van der Waals surface area contributed by atoms with Gasteiger partial charge in [0, 0.05) is 6.04 Å².